The fraction of sp³-hybridized carbons (Fsp3) is 0.533. The minimum Gasteiger partial charge on any atom is -0.367 e. The SMILES string of the molecule is Cc1ccc(C)c(CC(=O)C2CCC(C)O2)c1. The maximum Gasteiger partial charge on any atom is 0.165 e. The average Bonchev–Trinajstić information content (AvgIpc) is 2.70. The molecule has 1 heterocycles. The van der Waals surface area contributed by atoms with Crippen molar-refractivity contribution in [2.45, 2.75) is 52.2 Å². The van der Waals surface area contributed by atoms with Gasteiger partial charge in [-0.05, 0) is 44.7 Å². The summed E-state index contributed by atoms with van der Waals surface area (Å²) >= 11 is 0. The molecule has 2 atom stereocenters. The Balaban J connectivity index is 2.05. The molecular weight excluding hydrogens is 212 g/mol. The molecule has 1 aromatic carbocycles. The molecule has 1 fully saturated rings. The van der Waals surface area contributed by atoms with Crippen LogP contribution in [0.3, 0.4) is 0 Å². The van der Waals surface area contributed by atoms with Gasteiger partial charge in [-0.3, -0.25) is 4.79 Å². The summed E-state index contributed by atoms with van der Waals surface area (Å²) in [6.45, 7) is 6.15. The number of carbonyl (C=O) groups is 1. The molecule has 0 aromatic heterocycles. The number of ether oxygens (including phenoxy) is 1. The Labute approximate surface area is 103 Å². The molecule has 92 valence electrons. The van der Waals surface area contributed by atoms with E-state index in [1.807, 2.05) is 6.92 Å². The van der Waals surface area contributed by atoms with E-state index in [0.29, 0.717) is 6.42 Å². The Bertz CT molecular complexity index is 423. The Morgan fingerprint density at radius 2 is 2.12 bits per heavy atom. The second kappa shape index (κ2) is 5.01. The van der Waals surface area contributed by atoms with Crippen molar-refractivity contribution < 1.29 is 9.53 Å². The third-order valence-electron chi connectivity index (χ3n) is 3.46. The van der Waals surface area contributed by atoms with Crippen LogP contribution in [0.1, 0.15) is 36.5 Å². The number of ketones is 1. The maximum atomic E-state index is 12.1. The van der Waals surface area contributed by atoms with Gasteiger partial charge in [0.25, 0.3) is 0 Å². The lowest BCUT2D eigenvalue weighted by atomic mass is 9.98. The van der Waals surface area contributed by atoms with Gasteiger partial charge in [-0.15, -0.1) is 0 Å². The highest BCUT2D eigenvalue weighted by Gasteiger charge is 2.27. The van der Waals surface area contributed by atoms with Gasteiger partial charge in [0.05, 0.1) is 6.10 Å². The summed E-state index contributed by atoms with van der Waals surface area (Å²) in [6, 6.07) is 6.26. The molecule has 1 aliphatic heterocycles. The topological polar surface area (TPSA) is 26.3 Å². The zero-order valence-electron chi connectivity index (χ0n) is 10.8. The lowest BCUT2D eigenvalue weighted by molar-refractivity contribution is -0.128. The van der Waals surface area contributed by atoms with Gasteiger partial charge in [0.2, 0.25) is 0 Å². The number of hydrogen-bond donors (Lipinski definition) is 0. The average molecular weight is 232 g/mol. The number of Topliss-reactive ketones (excluding diaryl/α,β-unsaturated/α-hetero) is 1. The first-order valence-corrected chi connectivity index (χ1v) is 6.30. The molecule has 0 amide bonds. The summed E-state index contributed by atoms with van der Waals surface area (Å²) in [5.41, 5.74) is 3.53. The minimum atomic E-state index is -0.176. The van der Waals surface area contributed by atoms with Crippen LogP contribution in [0.15, 0.2) is 18.2 Å². The van der Waals surface area contributed by atoms with Gasteiger partial charge >= 0.3 is 0 Å². The highest BCUT2D eigenvalue weighted by Crippen LogP contribution is 2.22. The monoisotopic (exact) mass is 232 g/mol. The van der Waals surface area contributed by atoms with Crippen molar-refractivity contribution in [1.82, 2.24) is 0 Å². The lowest BCUT2D eigenvalue weighted by Crippen LogP contribution is -2.22. The number of aryl methyl sites for hydroxylation is 2. The van der Waals surface area contributed by atoms with Crippen LogP contribution in [0.4, 0.5) is 0 Å². The molecule has 0 radical (unpaired) electrons. The molecule has 2 heteroatoms. The number of carbonyl (C=O) groups excluding carboxylic acids is 1. The molecule has 1 aliphatic rings. The van der Waals surface area contributed by atoms with Crippen molar-refractivity contribution in [2.75, 3.05) is 0 Å². The minimum absolute atomic E-state index is 0.176. The maximum absolute atomic E-state index is 12.1. The van der Waals surface area contributed by atoms with Crippen LogP contribution in [-0.4, -0.2) is 18.0 Å². The second-order valence-electron chi connectivity index (χ2n) is 5.09. The molecule has 2 rings (SSSR count). The predicted molar refractivity (Wildman–Crippen MR) is 68.2 cm³/mol. The second-order valence-corrected chi connectivity index (χ2v) is 5.09. The van der Waals surface area contributed by atoms with Crippen molar-refractivity contribution in [3.05, 3.63) is 34.9 Å². The summed E-state index contributed by atoms with van der Waals surface area (Å²) in [4.78, 5) is 12.1. The van der Waals surface area contributed by atoms with Crippen molar-refractivity contribution in [3.8, 4) is 0 Å². The molecule has 2 unspecified atom stereocenters. The normalized spacial score (nSPS) is 23.9. The molecule has 0 bridgehead atoms. The van der Waals surface area contributed by atoms with Crippen LogP contribution in [0, 0.1) is 13.8 Å². The lowest BCUT2D eigenvalue weighted by Gasteiger charge is -2.11. The van der Waals surface area contributed by atoms with Gasteiger partial charge in [0, 0.05) is 6.42 Å². The van der Waals surface area contributed by atoms with Gasteiger partial charge in [-0.25, -0.2) is 0 Å². The first-order chi connectivity index (χ1) is 8.06. The van der Waals surface area contributed by atoms with Gasteiger partial charge < -0.3 is 4.74 Å². The van der Waals surface area contributed by atoms with E-state index in [0.717, 1.165) is 18.4 Å². The summed E-state index contributed by atoms with van der Waals surface area (Å²) in [5.74, 6) is 0.225. The molecule has 0 spiro atoms. The van der Waals surface area contributed by atoms with E-state index in [9.17, 15) is 4.79 Å². The van der Waals surface area contributed by atoms with Crippen LogP contribution in [-0.2, 0) is 16.0 Å². The van der Waals surface area contributed by atoms with Crippen molar-refractivity contribution in [2.24, 2.45) is 0 Å². The Morgan fingerprint density at radius 1 is 1.35 bits per heavy atom. The third-order valence-corrected chi connectivity index (χ3v) is 3.46. The summed E-state index contributed by atoms with van der Waals surface area (Å²) in [7, 11) is 0. The number of rotatable bonds is 3. The van der Waals surface area contributed by atoms with Gasteiger partial charge in [0.15, 0.2) is 5.78 Å². The van der Waals surface area contributed by atoms with Crippen molar-refractivity contribution in [1.29, 1.82) is 0 Å². The van der Waals surface area contributed by atoms with Crippen LogP contribution >= 0.6 is 0 Å². The zero-order valence-corrected chi connectivity index (χ0v) is 10.8. The van der Waals surface area contributed by atoms with Crippen LogP contribution in [0.2, 0.25) is 0 Å². The molecule has 17 heavy (non-hydrogen) atoms. The first-order valence-electron chi connectivity index (χ1n) is 6.30. The molecule has 0 aliphatic carbocycles. The fourth-order valence-electron chi connectivity index (χ4n) is 2.33. The van der Waals surface area contributed by atoms with E-state index < -0.39 is 0 Å². The number of benzene rings is 1. The van der Waals surface area contributed by atoms with E-state index >= 15 is 0 Å². The van der Waals surface area contributed by atoms with Gasteiger partial charge in [-0.2, -0.15) is 0 Å². The zero-order chi connectivity index (χ0) is 12.4. The highest BCUT2D eigenvalue weighted by molar-refractivity contribution is 5.85. The molecular formula is C15H20O2. The van der Waals surface area contributed by atoms with Crippen molar-refractivity contribution >= 4 is 5.78 Å². The van der Waals surface area contributed by atoms with E-state index in [1.165, 1.54) is 11.1 Å². The predicted octanol–water partition coefficient (Wildman–Crippen LogP) is 2.98. The van der Waals surface area contributed by atoms with Gasteiger partial charge in [0.1, 0.15) is 6.10 Å². The first kappa shape index (κ1) is 12.3. The quantitative estimate of drug-likeness (QED) is 0.801. The van der Waals surface area contributed by atoms with E-state index in [-0.39, 0.29) is 18.0 Å². The largest absolute Gasteiger partial charge is 0.367 e. The molecule has 0 N–H and O–H groups in total. The fourth-order valence-corrected chi connectivity index (χ4v) is 2.33. The molecule has 1 saturated heterocycles. The molecule has 0 saturated carbocycles. The van der Waals surface area contributed by atoms with E-state index in [4.69, 9.17) is 4.74 Å². The molecule has 2 nitrogen and oxygen atoms in total. The van der Waals surface area contributed by atoms with Crippen LogP contribution < -0.4 is 0 Å². The summed E-state index contributed by atoms with van der Waals surface area (Å²) in [5, 5.41) is 0. The smallest absolute Gasteiger partial charge is 0.165 e. The highest BCUT2D eigenvalue weighted by atomic mass is 16.5. The Kier molecular flexibility index (Phi) is 3.63. The van der Waals surface area contributed by atoms with E-state index in [1.54, 1.807) is 0 Å². The van der Waals surface area contributed by atoms with Crippen LogP contribution in [0.5, 0.6) is 0 Å². The summed E-state index contributed by atoms with van der Waals surface area (Å²) < 4.78 is 5.62. The summed E-state index contributed by atoms with van der Waals surface area (Å²) in [6.07, 6.45) is 2.45. The van der Waals surface area contributed by atoms with Crippen molar-refractivity contribution in [3.63, 3.8) is 0 Å². The Morgan fingerprint density at radius 3 is 2.76 bits per heavy atom. The Hall–Kier alpha value is -1.15. The molecule has 1 aromatic rings. The number of hydrogen-bond acceptors (Lipinski definition) is 2. The van der Waals surface area contributed by atoms with Crippen LogP contribution in [0.25, 0.3) is 0 Å². The van der Waals surface area contributed by atoms with E-state index in [2.05, 4.69) is 32.0 Å². The standard InChI is InChI=1S/C15H20O2/c1-10-4-5-11(2)13(8-10)9-14(16)15-7-6-12(3)17-15/h4-5,8,12,15H,6-7,9H2,1-3H3. The van der Waals surface area contributed by atoms with Gasteiger partial charge in [-0.1, -0.05) is 23.8 Å². The third kappa shape index (κ3) is 2.95.